The van der Waals surface area contributed by atoms with E-state index in [1.54, 1.807) is 33.5 Å². The predicted molar refractivity (Wildman–Crippen MR) is 84.9 cm³/mol. The molecule has 22 heavy (non-hydrogen) atoms. The Morgan fingerprint density at radius 2 is 1.50 bits per heavy atom. The molecule has 1 aromatic carbocycles. The van der Waals surface area contributed by atoms with Gasteiger partial charge in [-0.1, -0.05) is 13.8 Å². The number of likely N-dealkylation sites (tertiary alicyclic amines) is 1. The second-order valence-corrected chi connectivity index (χ2v) is 6.07. The molecule has 1 heterocycles. The van der Waals surface area contributed by atoms with Crippen molar-refractivity contribution >= 4 is 5.91 Å². The number of carbonyl (C=O) groups is 1. The molecular weight excluding hydrogens is 282 g/mol. The van der Waals surface area contributed by atoms with Crippen LogP contribution in [0.2, 0.25) is 0 Å². The van der Waals surface area contributed by atoms with Crippen LogP contribution in [-0.2, 0) is 0 Å². The minimum absolute atomic E-state index is 0.0117. The molecule has 5 heteroatoms. The highest BCUT2D eigenvalue weighted by atomic mass is 16.5. The van der Waals surface area contributed by atoms with E-state index >= 15 is 0 Å². The molecule has 0 bridgehead atoms. The average molecular weight is 307 g/mol. The van der Waals surface area contributed by atoms with Gasteiger partial charge in [-0.15, -0.1) is 0 Å². The Hall–Kier alpha value is -1.91. The Kier molecular flexibility index (Phi) is 5.16. The normalized spacial score (nSPS) is 21.4. The minimum atomic E-state index is 0.0117. The molecule has 0 N–H and O–H groups in total. The lowest BCUT2D eigenvalue weighted by atomic mass is 9.91. The summed E-state index contributed by atoms with van der Waals surface area (Å²) in [4.78, 5) is 14.7. The van der Waals surface area contributed by atoms with Crippen molar-refractivity contribution in [3.05, 3.63) is 17.7 Å². The molecule has 0 unspecified atom stereocenters. The molecule has 0 aliphatic carbocycles. The van der Waals surface area contributed by atoms with Crippen LogP contribution in [0.5, 0.6) is 17.2 Å². The van der Waals surface area contributed by atoms with Gasteiger partial charge in [-0.05, 0) is 30.4 Å². The smallest absolute Gasteiger partial charge is 0.254 e. The van der Waals surface area contributed by atoms with Crippen LogP contribution in [0.1, 0.15) is 30.6 Å². The predicted octanol–water partition coefficient (Wildman–Crippen LogP) is 2.83. The summed E-state index contributed by atoms with van der Waals surface area (Å²) >= 11 is 0. The summed E-state index contributed by atoms with van der Waals surface area (Å²) in [5.74, 6) is 2.57. The molecule has 1 aliphatic heterocycles. The Morgan fingerprint density at radius 1 is 1.00 bits per heavy atom. The van der Waals surface area contributed by atoms with E-state index in [4.69, 9.17) is 14.2 Å². The van der Waals surface area contributed by atoms with E-state index in [1.165, 1.54) is 6.42 Å². The van der Waals surface area contributed by atoms with Crippen LogP contribution in [0.25, 0.3) is 0 Å². The fourth-order valence-corrected chi connectivity index (χ4v) is 3.22. The number of hydrogen-bond donors (Lipinski definition) is 0. The molecule has 2 rings (SSSR count). The third-order valence-electron chi connectivity index (χ3n) is 4.07. The highest BCUT2D eigenvalue weighted by Crippen LogP contribution is 2.38. The molecule has 0 spiro atoms. The van der Waals surface area contributed by atoms with E-state index in [2.05, 4.69) is 13.8 Å². The number of ether oxygens (including phenoxy) is 3. The average Bonchev–Trinajstić information content (AvgIpc) is 2.51. The second kappa shape index (κ2) is 6.90. The SMILES string of the molecule is COc1cc(C(=O)N2C[C@@H](C)C[C@H](C)C2)cc(OC)c1OC. The van der Waals surface area contributed by atoms with Gasteiger partial charge in [0.15, 0.2) is 11.5 Å². The molecule has 2 atom stereocenters. The third-order valence-corrected chi connectivity index (χ3v) is 4.07. The summed E-state index contributed by atoms with van der Waals surface area (Å²) < 4.78 is 15.9. The molecule has 5 nitrogen and oxygen atoms in total. The summed E-state index contributed by atoms with van der Waals surface area (Å²) in [6.45, 7) is 5.95. The van der Waals surface area contributed by atoms with Crippen LogP contribution >= 0.6 is 0 Å². The van der Waals surface area contributed by atoms with Gasteiger partial charge in [-0.2, -0.15) is 0 Å². The fourth-order valence-electron chi connectivity index (χ4n) is 3.22. The maximum atomic E-state index is 12.8. The van der Waals surface area contributed by atoms with Gasteiger partial charge in [-0.3, -0.25) is 4.79 Å². The molecule has 0 saturated carbocycles. The summed E-state index contributed by atoms with van der Waals surface area (Å²) in [5.41, 5.74) is 0.566. The van der Waals surface area contributed by atoms with E-state index in [1.807, 2.05) is 4.90 Å². The summed E-state index contributed by atoms with van der Waals surface area (Å²) in [5, 5.41) is 0. The molecule has 1 fully saturated rings. The van der Waals surface area contributed by atoms with Crippen molar-refractivity contribution in [2.75, 3.05) is 34.4 Å². The van der Waals surface area contributed by atoms with Crippen LogP contribution in [0, 0.1) is 11.8 Å². The number of benzene rings is 1. The first-order chi connectivity index (χ1) is 10.5. The Labute approximate surface area is 132 Å². The zero-order valence-electron chi connectivity index (χ0n) is 14.0. The number of rotatable bonds is 4. The van der Waals surface area contributed by atoms with E-state index in [9.17, 15) is 4.79 Å². The molecule has 0 radical (unpaired) electrons. The van der Waals surface area contributed by atoms with Crippen molar-refractivity contribution in [2.24, 2.45) is 11.8 Å². The maximum absolute atomic E-state index is 12.8. The van der Waals surface area contributed by atoms with E-state index in [0.717, 1.165) is 13.1 Å². The first-order valence-corrected chi connectivity index (χ1v) is 7.59. The Morgan fingerprint density at radius 3 is 1.91 bits per heavy atom. The minimum Gasteiger partial charge on any atom is -0.493 e. The van der Waals surface area contributed by atoms with Crippen molar-refractivity contribution in [3.63, 3.8) is 0 Å². The van der Waals surface area contributed by atoms with Gasteiger partial charge in [-0.25, -0.2) is 0 Å². The van der Waals surface area contributed by atoms with Crippen molar-refractivity contribution in [3.8, 4) is 17.2 Å². The van der Waals surface area contributed by atoms with Crippen molar-refractivity contribution in [1.29, 1.82) is 0 Å². The lowest BCUT2D eigenvalue weighted by molar-refractivity contribution is 0.0622. The van der Waals surface area contributed by atoms with Gasteiger partial charge in [0.1, 0.15) is 0 Å². The van der Waals surface area contributed by atoms with Gasteiger partial charge in [0.25, 0.3) is 5.91 Å². The fraction of sp³-hybridized carbons (Fsp3) is 0.588. The van der Waals surface area contributed by atoms with Crippen molar-refractivity contribution < 1.29 is 19.0 Å². The number of nitrogens with zero attached hydrogens (tertiary/aromatic N) is 1. The quantitative estimate of drug-likeness (QED) is 0.858. The van der Waals surface area contributed by atoms with Gasteiger partial charge in [0.05, 0.1) is 21.3 Å². The number of hydrogen-bond acceptors (Lipinski definition) is 4. The number of methoxy groups -OCH3 is 3. The summed E-state index contributed by atoms with van der Waals surface area (Å²) in [7, 11) is 4.66. The van der Waals surface area contributed by atoms with Crippen molar-refractivity contribution in [2.45, 2.75) is 20.3 Å². The zero-order chi connectivity index (χ0) is 16.3. The standard InChI is InChI=1S/C17H25NO4/c1-11-6-12(2)10-18(9-11)17(19)13-7-14(20-3)16(22-5)15(8-13)21-4/h7-8,11-12H,6,9-10H2,1-5H3/t11-,12-/m0/s1. The molecule has 0 aromatic heterocycles. The van der Waals surface area contributed by atoms with E-state index in [-0.39, 0.29) is 5.91 Å². The number of amides is 1. The monoisotopic (exact) mass is 307 g/mol. The molecule has 1 aliphatic rings. The Bertz CT molecular complexity index is 508. The first kappa shape index (κ1) is 16.5. The van der Waals surface area contributed by atoms with Crippen LogP contribution in [0.4, 0.5) is 0 Å². The van der Waals surface area contributed by atoms with Gasteiger partial charge in [0, 0.05) is 18.7 Å². The third kappa shape index (κ3) is 3.29. The molecule has 1 amide bonds. The highest BCUT2D eigenvalue weighted by molar-refractivity contribution is 5.95. The topological polar surface area (TPSA) is 48.0 Å². The lowest BCUT2D eigenvalue weighted by Gasteiger charge is -2.35. The Balaban J connectivity index is 2.33. The first-order valence-electron chi connectivity index (χ1n) is 7.59. The molecule has 1 saturated heterocycles. The lowest BCUT2D eigenvalue weighted by Crippen LogP contribution is -2.42. The van der Waals surface area contributed by atoms with Crippen molar-refractivity contribution in [1.82, 2.24) is 4.90 Å². The largest absolute Gasteiger partial charge is 0.493 e. The van der Waals surface area contributed by atoms with Gasteiger partial charge < -0.3 is 19.1 Å². The summed E-state index contributed by atoms with van der Waals surface area (Å²) in [6, 6.07) is 3.43. The molecular formula is C17H25NO4. The van der Waals surface area contributed by atoms with E-state index in [0.29, 0.717) is 34.6 Å². The van der Waals surface area contributed by atoms with Crippen LogP contribution in [0.3, 0.4) is 0 Å². The summed E-state index contributed by atoms with van der Waals surface area (Å²) in [6.07, 6.45) is 1.17. The number of piperidine rings is 1. The van der Waals surface area contributed by atoms with Crippen LogP contribution in [-0.4, -0.2) is 45.2 Å². The second-order valence-electron chi connectivity index (χ2n) is 6.07. The van der Waals surface area contributed by atoms with Gasteiger partial charge in [0.2, 0.25) is 5.75 Å². The molecule has 1 aromatic rings. The maximum Gasteiger partial charge on any atom is 0.254 e. The zero-order valence-corrected chi connectivity index (χ0v) is 14.0. The number of carbonyl (C=O) groups excluding carboxylic acids is 1. The highest BCUT2D eigenvalue weighted by Gasteiger charge is 2.27. The van der Waals surface area contributed by atoms with Crippen LogP contribution < -0.4 is 14.2 Å². The van der Waals surface area contributed by atoms with Gasteiger partial charge >= 0.3 is 0 Å². The van der Waals surface area contributed by atoms with E-state index < -0.39 is 0 Å². The molecule has 122 valence electrons. The van der Waals surface area contributed by atoms with Crippen LogP contribution in [0.15, 0.2) is 12.1 Å².